The van der Waals surface area contributed by atoms with Crippen molar-refractivity contribution in [2.75, 3.05) is 12.5 Å². The molecule has 0 atom stereocenters. The minimum absolute atomic E-state index is 0.0897. The van der Waals surface area contributed by atoms with Gasteiger partial charge in [-0.2, -0.15) is 5.10 Å². The molecule has 0 fully saturated rings. The van der Waals surface area contributed by atoms with Gasteiger partial charge in [0.1, 0.15) is 5.75 Å². The van der Waals surface area contributed by atoms with Crippen LogP contribution in [0, 0.1) is 0 Å². The number of carbonyl (C=O) groups is 1. The highest BCUT2D eigenvalue weighted by molar-refractivity contribution is 8.15. The fourth-order valence-electron chi connectivity index (χ4n) is 2.41. The number of nitrogens with one attached hydrogen (secondary N) is 1. The Labute approximate surface area is 163 Å². The van der Waals surface area contributed by atoms with Crippen LogP contribution in [0.4, 0.5) is 5.69 Å². The highest BCUT2D eigenvalue weighted by Crippen LogP contribution is 2.25. The Bertz CT molecular complexity index is 921. The average molecular weight is 376 g/mol. The predicted molar refractivity (Wildman–Crippen MR) is 112 cm³/mol. The van der Waals surface area contributed by atoms with Gasteiger partial charge in [-0.15, -0.1) is 0 Å². The van der Waals surface area contributed by atoms with Crippen LogP contribution in [0.15, 0.2) is 88.9 Å². The van der Waals surface area contributed by atoms with Gasteiger partial charge in [-0.05, 0) is 47.5 Å². The summed E-state index contributed by atoms with van der Waals surface area (Å²) in [6.07, 6.45) is 0. The van der Waals surface area contributed by atoms with Crippen LogP contribution in [0.1, 0.15) is 6.92 Å². The first-order chi connectivity index (χ1) is 13.2. The Kier molecular flexibility index (Phi) is 6.28. The molecule has 5 heteroatoms. The SMILES string of the molecule is COc1ccc(N/N=C(/Sc2ccc(-c3ccccc3)cc2)C(C)=O)cc1. The van der Waals surface area contributed by atoms with Crippen LogP contribution in [-0.2, 0) is 4.79 Å². The molecule has 0 bridgehead atoms. The van der Waals surface area contributed by atoms with Crippen LogP contribution >= 0.6 is 11.8 Å². The van der Waals surface area contributed by atoms with Gasteiger partial charge in [0.05, 0.1) is 12.8 Å². The molecule has 0 saturated carbocycles. The first-order valence-electron chi connectivity index (χ1n) is 8.48. The molecule has 3 aromatic rings. The van der Waals surface area contributed by atoms with Crippen molar-refractivity contribution in [2.45, 2.75) is 11.8 Å². The van der Waals surface area contributed by atoms with Crippen molar-refractivity contribution >= 4 is 28.3 Å². The maximum atomic E-state index is 11.9. The van der Waals surface area contributed by atoms with Crippen LogP contribution in [0.2, 0.25) is 0 Å². The molecule has 3 aromatic carbocycles. The molecular weight excluding hydrogens is 356 g/mol. The number of benzene rings is 3. The van der Waals surface area contributed by atoms with Crippen LogP contribution in [0.5, 0.6) is 5.75 Å². The summed E-state index contributed by atoms with van der Waals surface area (Å²) < 4.78 is 5.13. The molecular formula is C22H20N2O2S. The predicted octanol–water partition coefficient (Wildman–Crippen LogP) is 5.47. The number of hydrazone groups is 1. The highest BCUT2D eigenvalue weighted by atomic mass is 32.2. The molecule has 0 aromatic heterocycles. The van der Waals surface area contributed by atoms with Gasteiger partial charge in [0, 0.05) is 11.8 Å². The quantitative estimate of drug-likeness (QED) is 0.268. The normalized spacial score (nSPS) is 11.1. The molecule has 3 rings (SSSR count). The van der Waals surface area contributed by atoms with Crippen LogP contribution in [-0.4, -0.2) is 17.9 Å². The molecule has 0 aliphatic heterocycles. The van der Waals surface area contributed by atoms with Gasteiger partial charge >= 0.3 is 0 Å². The molecule has 0 amide bonds. The second kappa shape index (κ2) is 9.05. The van der Waals surface area contributed by atoms with Crippen LogP contribution in [0.25, 0.3) is 11.1 Å². The van der Waals surface area contributed by atoms with E-state index in [1.807, 2.05) is 66.7 Å². The van der Waals surface area contributed by atoms with Crippen molar-refractivity contribution < 1.29 is 9.53 Å². The van der Waals surface area contributed by atoms with Gasteiger partial charge < -0.3 is 4.74 Å². The van der Waals surface area contributed by atoms with Crippen molar-refractivity contribution in [1.29, 1.82) is 0 Å². The maximum Gasteiger partial charge on any atom is 0.186 e. The molecule has 136 valence electrons. The fourth-order valence-corrected chi connectivity index (χ4v) is 3.14. The van der Waals surface area contributed by atoms with Gasteiger partial charge in [-0.1, -0.05) is 54.2 Å². The molecule has 0 heterocycles. The van der Waals surface area contributed by atoms with E-state index in [1.165, 1.54) is 18.7 Å². The van der Waals surface area contributed by atoms with E-state index in [-0.39, 0.29) is 5.78 Å². The van der Waals surface area contributed by atoms with E-state index >= 15 is 0 Å². The van der Waals surface area contributed by atoms with E-state index in [0.29, 0.717) is 5.04 Å². The summed E-state index contributed by atoms with van der Waals surface area (Å²) in [6.45, 7) is 1.51. The molecule has 0 saturated heterocycles. The Morgan fingerprint density at radius 3 is 2.11 bits per heavy atom. The minimum atomic E-state index is -0.0897. The number of hydrogen-bond acceptors (Lipinski definition) is 5. The summed E-state index contributed by atoms with van der Waals surface area (Å²) in [5.41, 5.74) is 6.01. The molecule has 0 unspecified atom stereocenters. The molecule has 0 radical (unpaired) electrons. The smallest absolute Gasteiger partial charge is 0.186 e. The molecule has 1 N–H and O–H groups in total. The lowest BCUT2D eigenvalue weighted by Gasteiger charge is -2.07. The number of nitrogens with zero attached hydrogens (tertiary/aromatic N) is 1. The summed E-state index contributed by atoms with van der Waals surface area (Å²) in [6, 6.07) is 25.6. The number of methoxy groups -OCH3 is 1. The molecule has 27 heavy (non-hydrogen) atoms. The van der Waals surface area contributed by atoms with Gasteiger partial charge in [0.15, 0.2) is 10.8 Å². The number of ketones is 1. The van der Waals surface area contributed by atoms with Crippen molar-refractivity contribution in [2.24, 2.45) is 5.10 Å². The Morgan fingerprint density at radius 2 is 1.52 bits per heavy atom. The summed E-state index contributed by atoms with van der Waals surface area (Å²) in [7, 11) is 1.62. The molecule has 0 spiro atoms. The van der Waals surface area contributed by atoms with E-state index in [4.69, 9.17) is 4.74 Å². The lowest BCUT2D eigenvalue weighted by atomic mass is 10.1. The van der Waals surface area contributed by atoms with Gasteiger partial charge in [-0.25, -0.2) is 0 Å². The van der Waals surface area contributed by atoms with Crippen molar-refractivity contribution in [3.05, 3.63) is 78.9 Å². The maximum absolute atomic E-state index is 11.9. The van der Waals surface area contributed by atoms with E-state index < -0.39 is 0 Å². The van der Waals surface area contributed by atoms with E-state index in [9.17, 15) is 4.79 Å². The standard InChI is InChI=1S/C22H20N2O2S/c1-16(25)22(24-23-19-10-12-20(26-2)13-11-19)27-21-14-8-18(9-15-21)17-6-4-3-5-7-17/h3-15,23H,1-2H3/b24-22+. The fraction of sp³-hybridized carbons (Fsp3) is 0.0909. The Balaban J connectivity index is 1.71. The average Bonchev–Trinajstić information content (AvgIpc) is 2.72. The highest BCUT2D eigenvalue weighted by Gasteiger charge is 2.09. The van der Waals surface area contributed by atoms with Crippen LogP contribution < -0.4 is 10.2 Å². The minimum Gasteiger partial charge on any atom is -0.497 e. The van der Waals surface area contributed by atoms with Crippen molar-refractivity contribution in [1.82, 2.24) is 0 Å². The zero-order valence-electron chi connectivity index (χ0n) is 15.2. The lowest BCUT2D eigenvalue weighted by Crippen LogP contribution is -2.08. The summed E-state index contributed by atoms with van der Waals surface area (Å²) >= 11 is 1.34. The molecule has 0 aliphatic rings. The van der Waals surface area contributed by atoms with Gasteiger partial charge in [0.25, 0.3) is 0 Å². The molecule has 4 nitrogen and oxygen atoms in total. The van der Waals surface area contributed by atoms with Gasteiger partial charge in [0.2, 0.25) is 0 Å². The van der Waals surface area contributed by atoms with E-state index in [1.54, 1.807) is 7.11 Å². The number of thioether (sulfide) groups is 1. The molecule has 0 aliphatic carbocycles. The zero-order chi connectivity index (χ0) is 19.1. The second-order valence-corrected chi connectivity index (χ2v) is 6.87. The zero-order valence-corrected chi connectivity index (χ0v) is 16.0. The number of rotatable bonds is 6. The monoisotopic (exact) mass is 376 g/mol. The largest absolute Gasteiger partial charge is 0.497 e. The number of ether oxygens (including phenoxy) is 1. The van der Waals surface area contributed by atoms with E-state index in [2.05, 4.69) is 22.7 Å². The number of hydrogen-bond donors (Lipinski definition) is 1. The third-order valence-electron chi connectivity index (χ3n) is 3.85. The van der Waals surface area contributed by atoms with Crippen molar-refractivity contribution in [3.63, 3.8) is 0 Å². The first kappa shape index (κ1) is 18.7. The number of carbonyl (C=O) groups excluding carboxylic acids is 1. The van der Waals surface area contributed by atoms with Crippen molar-refractivity contribution in [3.8, 4) is 16.9 Å². The number of Topliss-reactive ketones (excluding diaryl/α,β-unsaturated/α-hetero) is 1. The third-order valence-corrected chi connectivity index (χ3v) is 4.93. The first-order valence-corrected chi connectivity index (χ1v) is 9.29. The van der Waals surface area contributed by atoms with E-state index in [0.717, 1.165) is 27.5 Å². The summed E-state index contributed by atoms with van der Waals surface area (Å²) in [4.78, 5) is 12.9. The Morgan fingerprint density at radius 1 is 0.889 bits per heavy atom. The number of anilines is 1. The summed E-state index contributed by atoms with van der Waals surface area (Å²) in [5.74, 6) is 0.678. The summed E-state index contributed by atoms with van der Waals surface area (Å²) in [5, 5.41) is 4.67. The third kappa shape index (κ3) is 5.21. The van der Waals surface area contributed by atoms with Gasteiger partial charge in [-0.3, -0.25) is 10.2 Å². The second-order valence-electron chi connectivity index (χ2n) is 5.81. The lowest BCUT2D eigenvalue weighted by molar-refractivity contribution is -0.110. The van der Waals surface area contributed by atoms with Crippen LogP contribution in [0.3, 0.4) is 0 Å². The Hall–Kier alpha value is -3.05. The topological polar surface area (TPSA) is 50.7 Å².